The number of nitrogens with one attached hydrogen (secondary N) is 2. The Morgan fingerprint density at radius 2 is 1.82 bits per heavy atom. The third-order valence-corrected chi connectivity index (χ3v) is 7.42. The minimum atomic E-state index is -1.16. The van der Waals surface area contributed by atoms with Crippen molar-refractivity contribution in [2.45, 2.75) is 26.3 Å². The van der Waals surface area contributed by atoms with E-state index >= 15 is 0 Å². The molecule has 2 aromatic carbocycles. The summed E-state index contributed by atoms with van der Waals surface area (Å²) in [5, 5.41) is 29.0. The van der Waals surface area contributed by atoms with Gasteiger partial charge in [-0.25, -0.2) is 4.98 Å². The molecule has 10 nitrogen and oxygen atoms in total. The van der Waals surface area contributed by atoms with Gasteiger partial charge in [-0.3, -0.25) is 24.1 Å². The highest BCUT2D eigenvalue weighted by Crippen LogP contribution is 2.36. The SMILES string of the molecule is Cc1cccc(C)c1Nc1c(-c2cccs2)nc2c(C(=O)NC(CC(=O)O)c3cccc([N+](=O)[O-])c3)cccn12. The number of para-hydroxylation sites is 1. The summed E-state index contributed by atoms with van der Waals surface area (Å²) < 4.78 is 1.80. The molecule has 202 valence electrons. The van der Waals surface area contributed by atoms with Crippen molar-refractivity contribution in [3.05, 3.63) is 111 Å². The van der Waals surface area contributed by atoms with E-state index in [0.29, 0.717) is 22.7 Å². The van der Waals surface area contributed by atoms with E-state index in [1.807, 2.05) is 49.6 Å². The Hall–Kier alpha value is -5.03. The molecule has 3 N–H and O–H groups in total. The lowest BCUT2D eigenvalue weighted by atomic mass is 10.0. The van der Waals surface area contributed by atoms with Gasteiger partial charge in [0.05, 0.1) is 27.8 Å². The second kappa shape index (κ2) is 11.0. The van der Waals surface area contributed by atoms with Gasteiger partial charge in [-0.15, -0.1) is 11.3 Å². The van der Waals surface area contributed by atoms with E-state index in [1.165, 1.54) is 29.5 Å². The van der Waals surface area contributed by atoms with Crippen LogP contribution in [0.3, 0.4) is 0 Å². The molecule has 0 aliphatic rings. The van der Waals surface area contributed by atoms with Crippen LogP contribution in [-0.2, 0) is 4.79 Å². The number of hydrogen-bond donors (Lipinski definition) is 3. The maximum absolute atomic E-state index is 13.6. The Balaban J connectivity index is 1.58. The van der Waals surface area contributed by atoms with E-state index in [0.717, 1.165) is 21.7 Å². The molecule has 0 spiro atoms. The summed E-state index contributed by atoms with van der Waals surface area (Å²) >= 11 is 1.52. The van der Waals surface area contributed by atoms with Crippen molar-refractivity contribution in [1.29, 1.82) is 0 Å². The number of benzene rings is 2. The Morgan fingerprint density at radius 3 is 2.50 bits per heavy atom. The minimum Gasteiger partial charge on any atom is -0.481 e. The van der Waals surface area contributed by atoms with Gasteiger partial charge in [0.1, 0.15) is 11.5 Å². The van der Waals surface area contributed by atoms with Crippen LogP contribution in [0.15, 0.2) is 78.3 Å². The molecule has 3 heterocycles. The number of thiophene rings is 1. The summed E-state index contributed by atoms with van der Waals surface area (Å²) in [4.78, 5) is 41.7. The predicted molar refractivity (Wildman–Crippen MR) is 153 cm³/mol. The van der Waals surface area contributed by atoms with Gasteiger partial charge in [0.2, 0.25) is 0 Å². The fraction of sp³-hybridized carbons (Fsp3) is 0.138. The van der Waals surface area contributed by atoms with Crippen LogP contribution in [0.2, 0.25) is 0 Å². The molecular formula is C29H25N5O5S. The highest BCUT2D eigenvalue weighted by molar-refractivity contribution is 7.13. The average molecular weight is 556 g/mol. The van der Waals surface area contributed by atoms with Crippen molar-refractivity contribution in [1.82, 2.24) is 14.7 Å². The number of aryl methyl sites for hydroxylation is 2. The Kier molecular flexibility index (Phi) is 7.30. The number of aliphatic carboxylic acids is 1. The first-order valence-electron chi connectivity index (χ1n) is 12.4. The van der Waals surface area contributed by atoms with Crippen molar-refractivity contribution in [2.24, 2.45) is 0 Å². The smallest absolute Gasteiger partial charge is 0.305 e. The lowest BCUT2D eigenvalue weighted by Gasteiger charge is -2.18. The number of imidazole rings is 1. The number of anilines is 2. The first-order chi connectivity index (χ1) is 19.2. The molecule has 5 rings (SSSR count). The second-order valence-corrected chi connectivity index (χ2v) is 10.2. The number of non-ortho nitro benzene ring substituents is 1. The van der Waals surface area contributed by atoms with Gasteiger partial charge in [-0.05, 0) is 54.1 Å². The number of carboxylic acids is 1. The van der Waals surface area contributed by atoms with Crippen LogP contribution in [0.5, 0.6) is 0 Å². The molecule has 40 heavy (non-hydrogen) atoms. The first kappa shape index (κ1) is 26.6. The lowest BCUT2D eigenvalue weighted by molar-refractivity contribution is -0.384. The summed E-state index contributed by atoms with van der Waals surface area (Å²) in [5.41, 5.74) is 4.44. The van der Waals surface area contributed by atoms with E-state index in [-0.39, 0.29) is 11.3 Å². The van der Waals surface area contributed by atoms with Crippen LogP contribution in [0, 0.1) is 24.0 Å². The van der Waals surface area contributed by atoms with Gasteiger partial charge >= 0.3 is 5.97 Å². The molecule has 0 aliphatic heterocycles. The summed E-state index contributed by atoms with van der Waals surface area (Å²) in [7, 11) is 0. The minimum absolute atomic E-state index is 0.194. The van der Waals surface area contributed by atoms with Gasteiger partial charge in [0.15, 0.2) is 5.65 Å². The average Bonchev–Trinajstić information content (AvgIpc) is 3.58. The molecule has 3 aromatic heterocycles. The van der Waals surface area contributed by atoms with E-state index in [1.54, 1.807) is 28.8 Å². The molecule has 0 radical (unpaired) electrons. The van der Waals surface area contributed by atoms with Crippen LogP contribution in [0.4, 0.5) is 17.2 Å². The third-order valence-electron chi connectivity index (χ3n) is 6.54. The predicted octanol–water partition coefficient (Wildman–Crippen LogP) is 6.28. The fourth-order valence-corrected chi connectivity index (χ4v) is 5.31. The zero-order valence-corrected chi connectivity index (χ0v) is 22.4. The van der Waals surface area contributed by atoms with Crippen LogP contribution in [0.1, 0.15) is 39.5 Å². The van der Waals surface area contributed by atoms with E-state index in [9.17, 15) is 24.8 Å². The van der Waals surface area contributed by atoms with Gasteiger partial charge in [-0.1, -0.05) is 36.4 Å². The number of carbonyl (C=O) groups excluding carboxylic acids is 1. The number of rotatable bonds is 9. The monoisotopic (exact) mass is 555 g/mol. The van der Waals surface area contributed by atoms with E-state index in [4.69, 9.17) is 4.98 Å². The quantitative estimate of drug-likeness (QED) is 0.144. The number of nitro groups is 1. The largest absolute Gasteiger partial charge is 0.481 e. The lowest BCUT2D eigenvalue weighted by Crippen LogP contribution is -2.30. The number of aromatic nitrogens is 2. The number of pyridine rings is 1. The highest BCUT2D eigenvalue weighted by atomic mass is 32.1. The normalized spacial score (nSPS) is 11.8. The van der Waals surface area contributed by atoms with Crippen molar-refractivity contribution >= 4 is 46.1 Å². The molecule has 0 bridgehead atoms. The molecule has 0 aliphatic carbocycles. The van der Waals surface area contributed by atoms with Gasteiger partial charge < -0.3 is 15.7 Å². The molecule has 0 saturated heterocycles. The Morgan fingerprint density at radius 1 is 1.07 bits per heavy atom. The second-order valence-electron chi connectivity index (χ2n) is 9.27. The fourth-order valence-electron chi connectivity index (χ4n) is 4.60. The van der Waals surface area contributed by atoms with Gasteiger partial charge in [0, 0.05) is 24.0 Å². The van der Waals surface area contributed by atoms with E-state index < -0.39 is 29.3 Å². The summed E-state index contributed by atoms with van der Waals surface area (Å²) in [5.74, 6) is -1.02. The van der Waals surface area contributed by atoms with Crippen LogP contribution in [-0.4, -0.2) is 31.3 Å². The van der Waals surface area contributed by atoms with Crippen molar-refractivity contribution in [2.75, 3.05) is 5.32 Å². The summed E-state index contributed by atoms with van der Waals surface area (Å²) in [6.07, 6.45) is 1.35. The Labute approximate surface area is 233 Å². The van der Waals surface area contributed by atoms with Crippen molar-refractivity contribution < 1.29 is 19.6 Å². The van der Waals surface area contributed by atoms with Crippen LogP contribution < -0.4 is 10.6 Å². The number of amides is 1. The van der Waals surface area contributed by atoms with Crippen molar-refractivity contribution in [3.8, 4) is 10.6 Å². The number of carbonyl (C=O) groups is 2. The Bertz CT molecular complexity index is 1730. The van der Waals surface area contributed by atoms with Gasteiger partial charge in [-0.2, -0.15) is 0 Å². The molecular weight excluding hydrogens is 530 g/mol. The zero-order chi connectivity index (χ0) is 28.4. The van der Waals surface area contributed by atoms with E-state index in [2.05, 4.69) is 10.6 Å². The molecule has 1 amide bonds. The van der Waals surface area contributed by atoms with Gasteiger partial charge in [0.25, 0.3) is 11.6 Å². The number of fused-ring (bicyclic) bond motifs is 1. The molecule has 0 fully saturated rings. The molecule has 11 heteroatoms. The maximum Gasteiger partial charge on any atom is 0.305 e. The standard InChI is InChI=1S/C29H25N5O5S/c1-17-7-3-8-18(2)25(17)31-28-26(23-12-6-14-40-23)32-27-21(11-5-13-33(27)28)29(37)30-22(16-24(35)36)19-9-4-10-20(15-19)34(38)39/h3-15,22,31H,16H2,1-2H3,(H,30,37)(H,35,36). The zero-order valence-electron chi connectivity index (χ0n) is 21.6. The number of hydrogen-bond acceptors (Lipinski definition) is 7. The third kappa shape index (κ3) is 5.27. The number of nitrogens with zero attached hydrogens (tertiary/aromatic N) is 3. The van der Waals surface area contributed by atoms with Crippen LogP contribution in [0.25, 0.3) is 16.2 Å². The number of carboxylic acid groups (broad SMARTS) is 1. The number of nitro benzene ring substituents is 1. The first-order valence-corrected chi connectivity index (χ1v) is 13.3. The van der Waals surface area contributed by atoms with Crippen LogP contribution >= 0.6 is 11.3 Å². The summed E-state index contributed by atoms with van der Waals surface area (Å²) in [6.45, 7) is 4.03. The van der Waals surface area contributed by atoms with Crippen molar-refractivity contribution in [3.63, 3.8) is 0 Å². The molecule has 1 atom stereocenters. The highest BCUT2D eigenvalue weighted by Gasteiger charge is 2.25. The molecule has 0 saturated carbocycles. The topological polar surface area (TPSA) is 139 Å². The molecule has 5 aromatic rings. The summed E-state index contributed by atoms with van der Waals surface area (Å²) in [6, 6.07) is 17.8. The maximum atomic E-state index is 13.6. The molecule has 1 unspecified atom stereocenters.